The predicted octanol–water partition coefficient (Wildman–Crippen LogP) is -2.28. The van der Waals surface area contributed by atoms with Crippen molar-refractivity contribution in [2.75, 3.05) is 0 Å². The van der Waals surface area contributed by atoms with E-state index in [4.69, 9.17) is 18.4 Å². The molecule has 0 spiro atoms. The van der Waals surface area contributed by atoms with Crippen LogP contribution in [0.2, 0.25) is 0 Å². The third-order valence-electron chi connectivity index (χ3n) is 0.972. The zero-order chi connectivity index (χ0) is 8.58. The van der Waals surface area contributed by atoms with E-state index in [0.29, 0.717) is 6.92 Å². The van der Waals surface area contributed by atoms with Gasteiger partial charge in [-0.2, -0.15) is 0 Å². The van der Waals surface area contributed by atoms with Gasteiger partial charge in [0.1, 0.15) is 0 Å². The second kappa shape index (κ2) is 2.39. The molecule has 4 N–H and O–H groups in total. The summed E-state index contributed by atoms with van der Waals surface area (Å²) in [6, 6.07) is 0. The first-order valence-electron chi connectivity index (χ1n) is 2.21. The monoisotopic (exact) mass is 214 g/mol. The average molecular weight is 214 g/mol. The Morgan fingerprint density at radius 3 is 1.80 bits per heavy atom. The Morgan fingerprint density at radius 2 is 1.80 bits per heavy atom. The summed E-state index contributed by atoms with van der Waals surface area (Å²) in [5.41, 5.74) is 0. The van der Waals surface area contributed by atoms with Crippen LogP contribution in [-0.4, -0.2) is 42.9 Å². The molecule has 0 saturated carbocycles. The van der Waals surface area contributed by atoms with Crippen molar-refractivity contribution in [1.82, 2.24) is 0 Å². The summed E-state index contributed by atoms with van der Waals surface area (Å²) in [5.74, 6) is -1.92. The third-order valence-corrected chi connectivity index (χ3v) is 3.75. The van der Waals surface area contributed by atoms with Crippen LogP contribution in [0.1, 0.15) is 6.92 Å². The standard InChI is InChI=1S/C3H7AsO6/c1-3(7,2(5)6)4(8,9)10/h7H,1H3,(H,5,6)(H2,8,9,10). The quantitative estimate of drug-likeness (QED) is 0.385. The average Bonchev–Trinajstić information content (AvgIpc) is 1.62. The fourth-order valence-electron chi connectivity index (χ4n) is 0.125. The number of aliphatic carboxylic acids is 1. The van der Waals surface area contributed by atoms with Gasteiger partial charge in [0, 0.05) is 0 Å². The van der Waals surface area contributed by atoms with E-state index in [9.17, 15) is 8.53 Å². The van der Waals surface area contributed by atoms with E-state index in [1.807, 2.05) is 0 Å². The van der Waals surface area contributed by atoms with Gasteiger partial charge in [-0.25, -0.2) is 0 Å². The Kier molecular flexibility index (Phi) is 2.32. The van der Waals surface area contributed by atoms with Crippen LogP contribution < -0.4 is 0 Å². The second-order valence-electron chi connectivity index (χ2n) is 1.87. The van der Waals surface area contributed by atoms with Crippen LogP contribution in [0.3, 0.4) is 0 Å². The number of carboxylic acid groups (broad SMARTS) is 1. The first kappa shape index (κ1) is 9.71. The van der Waals surface area contributed by atoms with E-state index in [0.717, 1.165) is 0 Å². The summed E-state index contributed by atoms with van der Waals surface area (Å²) >= 11 is -5.57. The Balaban J connectivity index is 4.75. The fourth-order valence-corrected chi connectivity index (χ4v) is 0.647. The van der Waals surface area contributed by atoms with Crippen molar-refractivity contribution < 1.29 is 26.9 Å². The van der Waals surface area contributed by atoms with Crippen molar-refractivity contribution in [3.8, 4) is 0 Å². The maximum atomic E-state index is 10.2. The number of carboxylic acids is 1. The van der Waals surface area contributed by atoms with Crippen molar-refractivity contribution in [1.29, 1.82) is 0 Å². The van der Waals surface area contributed by atoms with Crippen molar-refractivity contribution in [2.24, 2.45) is 0 Å². The van der Waals surface area contributed by atoms with E-state index >= 15 is 0 Å². The minimum absolute atomic E-state index is 0.565. The maximum absolute atomic E-state index is 10.2. The van der Waals surface area contributed by atoms with E-state index in [1.54, 1.807) is 0 Å². The number of hydrogen-bond donors (Lipinski definition) is 4. The molecule has 0 saturated heterocycles. The van der Waals surface area contributed by atoms with Crippen LogP contribution >= 0.6 is 0 Å². The van der Waals surface area contributed by atoms with Crippen molar-refractivity contribution in [2.45, 2.75) is 11.3 Å². The van der Waals surface area contributed by atoms with Gasteiger partial charge >= 0.3 is 58.4 Å². The van der Waals surface area contributed by atoms with Gasteiger partial charge in [0.05, 0.1) is 0 Å². The van der Waals surface area contributed by atoms with Gasteiger partial charge in [0.15, 0.2) is 0 Å². The molecule has 0 aromatic carbocycles. The van der Waals surface area contributed by atoms with Crippen molar-refractivity contribution >= 4 is 20.1 Å². The predicted molar refractivity (Wildman–Crippen MR) is 29.1 cm³/mol. The summed E-state index contributed by atoms with van der Waals surface area (Å²) in [5, 5.41) is 16.6. The molecule has 0 heterocycles. The number of hydrogen-bond acceptors (Lipinski definition) is 3. The summed E-state index contributed by atoms with van der Waals surface area (Å²) in [4.78, 5) is 9.94. The molecule has 0 fully saturated rings. The summed E-state index contributed by atoms with van der Waals surface area (Å²) in [6.45, 7) is 0.565. The second-order valence-corrected chi connectivity index (χ2v) is 5.98. The molecule has 0 amide bonds. The van der Waals surface area contributed by atoms with Gasteiger partial charge in [-0.05, 0) is 0 Å². The van der Waals surface area contributed by atoms with Gasteiger partial charge in [0.2, 0.25) is 0 Å². The molecule has 6 nitrogen and oxygen atoms in total. The molecule has 0 aliphatic heterocycles. The van der Waals surface area contributed by atoms with E-state index in [1.165, 1.54) is 0 Å². The third kappa shape index (κ3) is 1.60. The fraction of sp³-hybridized carbons (Fsp3) is 0.667. The molecule has 60 valence electrons. The van der Waals surface area contributed by atoms with Crippen molar-refractivity contribution in [3.05, 3.63) is 0 Å². The van der Waals surface area contributed by atoms with Crippen LogP contribution in [0.25, 0.3) is 0 Å². The van der Waals surface area contributed by atoms with Gasteiger partial charge in [0.25, 0.3) is 0 Å². The zero-order valence-corrected chi connectivity index (χ0v) is 6.93. The van der Waals surface area contributed by atoms with Crippen LogP contribution in [0.4, 0.5) is 0 Å². The van der Waals surface area contributed by atoms with Crippen molar-refractivity contribution in [3.63, 3.8) is 0 Å². The summed E-state index contributed by atoms with van der Waals surface area (Å²) < 4.78 is 23.8. The molecule has 0 aromatic rings. The molecule has 0 aliphatic carbocycles. The van der Waals surface area contributed by atoms with Gasteiger partial charge < -0.3 is 0 Å². The Hall–Kier alpha value is -0.292. The normalized spacial score (nSPS) is 18.0. The molecule has 0 aliphatic rings. The minimum atomic E-state index is -5.57. The molecule has 1 unspecified atom stereocenters. The van der Waals surface area contributed by atoms with Crippen LogP contribution in [-0.2, 0) is 8.53 Å². The van der Waals surface area contributed by atoms with Gasteiger partial charge in [-0.3, -0.25) is 0 Å². The number of aliphatic hydroxyl groups is 1. The molecule has 0 bridgehead atoms. The molecule has 0 aromatic heterocycles. The molecule has 1 atom stereocenters. The van der Waals surface area contributed by atoms with E-state index in [2.05, 4.69) is 0 Å². The summed E-state index contributed by atoms with van der Waals surface area (Å²) in [7, 11) is 0. The molecule has 0 rings (SSSR count). The van der Waals surface area contributed by atoms with E-state index < -0.39 is 24.5 Å². The first-order chi connectivity index (χ1) is 4.19. The topological polar surface area (TPSA) is 115 Å². The molecule has 10 heavy (non-hydrogen) atoms. The van der Waals surface area contributed by atoms with Crippen LogP contribution in [0.15, 0.2) is 0 Å². The number of rotatable bonds is 2. The SMILES string of the molecule is CC(O)(C(=O)O)[As](=O)(O)O. The molecular weight excluding hydrogens is 207 g/mol. The Morgan fingerprint density at radius 1 is 1.50 bits per heavy atom. The van der Waals surface area contributed by atoms with Gasteiger partial charge in [-0.15, -0.1) is 0 Å². The molecular formula is C3H7AsO6. The Labute approximate surface area is 59.1 Å². The molecule has 0 radical (unpaired) electrons. The Bertz CT molecular complexity index is 189. The van der Waals surface area contributed by atoms with E-state index in [-0.39, 0.29) is 0 Å². The van der Waals surface area contributed by atoms with Crippen LogP contribution in [0.5, 0.6) is 0 Å². The number of carbonyl (C=O) groups is 1. The summed E-state index contributed by atoms with van der Waals surface area (Å²) in [6.07, 6.45) is 0. The van der Waals surface area contributed by atoms with Gasteiger partial charge in [-0.1, -0.05) is 0 Å². The molecule has 7 heteroatoms. The van der Waals surface area contributed by atoms with Crippen LogP contribution in [0, 0.1) is 0 Å². The zero-order valence-electron chi connectivity index (χ0n) is 5.05. The first-order valence-corrected chi connectivity index (χ1v) is 5.59.